The molecule has 0 aliphatic carbocycles. The average molecular weight is 232 g/mol. The predicted molar refractivity (Wildman–Crippen MR) is 63.5 cm³/mol. The molecule has 90 valence electrons. The molecule has 1 aromatic heterocycles. The number of amides is 1. The number of rotatable bonds is 2. The van der Waals surface area contributed by atoms with Crippen molar-refractivity contribution in [2.45, 2.75) is 12.8 Å². The van der Waals surface area contributed by atoms with Crippen molar-refractivity contribution in [2.24, 2.45) is 5.92 Å². The number of carbonyl (C=O) groups excluding carboxylic acids is 1. The van der Waals surface area contributed by atoms with Gasteiger partial charge < -0.3 is 9.80 Å². The summed E-state index contributed by atoms with van der Waals surface area (Å²) in [6, 6.07) is 1.89. The molecule has 2 fully saturated rings. The van der Waals surface area contributed by atoms with Crippen LogP contribution in [0, 0.1) is 5.92 Å². The van der Waals surface area contributed by atoms with Crippen LogP contribution < -0.4 is 4.90 Å². The van der Waals surface area contributed by atoms with E-state index in [0.29, 0.717) is 5.91 Å². The van der Waals surface area contributed by atoms with E-state index < -0.39 is 0 Å². The number of nitrogens with zero attached hydrogens (tertiary/aromatic N) is 4. The lowest BCUT2D eigenvalue weighted by Crippen LogP contribution is -2.54. The second kappa shape index (κ2) is 4.31. The minimum absolute atomic E-state index is 0.170. The molecule has 2 aliphatic heterocycles. The minimum Gasteiger partial charge on any atom is -0.355 e. The SMILES string of the molecule is O=C(C1CN(c2ccncn2)C1)N1CCCC1. The molecule has 17 heavy (non-hydrogen) atoms. The predicted octanol–water partition coefficient (Wildman–Crippen LogP) is 0.535. The van der Waals surface area contributed by atoms with Gasteiger partial charge in [-0.1, -0.05) is 0 Å². The fraction of sp³-hybridized carbons (Fsp3) is 0.583. The van der Waals surface area contributed by atoms with Crippen LogP contribution in [0.5, 0.6) is 0 Å². The van der Waals surface area contributed by atoms with Gasteiger partial charge in [0, 0.05) is 32.4 Å². The van der Waals surface area contributed by atoms with Crippen molar-refractivity contribution in [3.63, 3.8) is 0 Å². The molecule has 0 saturated carbocycles. The van der Waals surface area contributed by atoms with Gasteiger partial charge in [0.1, 0.15) is 12.1 Å². The van der Waals surface area contributed by atoms with Gasteiger partial charge in [0.25, 0.3) is 0 Å². The van der Waals surface area contributed by atoms with Gasteiger partial charge in [0.05, 0.1) is 5.92 Å². The Kier molecular flexibility index (Phi) is 2.66. The van der Waals surface area contributed by atoms with Crippen molar-refractivity contribution in [1.82, 2.24) is 14.9 Å². The molecule has 0 unspecified atom stereocenters. The Hall–Kier alpha value is -1.65. The van der Waals surface area contributed by atoms with E-state index >= 15 is 0 Å². The van der Waals surface area contributed by atoms with E-state index in [1.165, 1.54) is 0 Å². The quantitative estimate of drug-likeness (QED) is 0.746. The van der Waals surface area contributed by atoms with E-state index in [2.05, 4.69) is 14.9 Å². The Morgan fingerprint density at radius 3 is 2.71 bits per heavy atom. The first-order valence-corrected chi connectivity index (χ1v) is 6.14. The monoisotopic (exact) mass is 232 g/mol. The molecule has 0 radical (unpaired) electrons. The summed E-state index contributed by atoms with van der Waals surface area (Å²) in [4.78, 5) is 24.3. The molecule has 0 bridgehead atoms. The maximum atomic E-state index is 12.1. The molecular weight excluding hydrogens is 216 g/mol. The lowest BCUT2D eigenvalue weighted by molar-refractivity contribution is -0.135. The maximum absolute atomic E-state index is 12.1. The fourth-order valence-electron chi connectivity index (χ4n) is 2.49. The van der Waals surface area contributed by atoms with Crippen LogP contribution in [-0.4, -0.2) is 47.0 Å². The van der Waals surface area contributed by atoms with E-state index in [4.69, 9.17) is 0 Å². The van der Waals surface area contributed by atoms with Crippen LogP contribution in [0.15, 0.2) is 18.6 Å². The third-order valence-electron chi connectivity index (χ3n) is 3.54. The number of hydrogen-bond acceptors (Lipinski definition) is 4. The fourth-order valence-corrected chi connectivity index (χ4v) is 2.49. The molecule has 1 amide bonds. The molecule has 0 aromatic carbocycles. The summed E-state index contributed by atoms with van der Waals surface area (Å²) in [5, 5.41) is 0. The van der Waals surface area contributed by atoms with E-state index in [-0.39, 0.29) is 5.92 Å². The normalized spacial score (nSPS) is 20.5. The zero-order valence-corrected chi connectivity index (χ0v) is 9.75. The van der Waals surface area contributed by atoms with E-state index in [9.17, 15) is 4.79 Å². The summed E-state index contributed by atoms with van der Waals surface area (Å²) >= 11 is 0. The highest BCUT2D eigenvalue weighted by molar-refractivity contribution is 5.82. The van der Waals surface area contributed by atoms with Gasteiger partial charge >= 0.3 is 0 Å². The third kappa shape index (κ3) is 1.97. The molecule has 3 rings (SSSR count). The van der Waals surface area contributed by atoms with Crippen molar-refractivity contribution in [3.8, 4) is 0 Å². The molecule has 5 nitrogen and oxygen atoms in total. The highest BCUT2D eigenvalue weighted by Gasteiger charge is 2.36. The Labute approximate surface area is 100 Å². The smallest absolute Gasteiger partial charge is 0.229 e. The first-order valence-electron chi connectivity index (χ1n) is 6.14. The van der Waals surface area contributed by atoms with Gasteiger partial charge in [-0.25, -0.2) is 9.97 Å². The average Bonchev–Trinajstić information content (AvgIpc) is 2.81. The topological polar surface area (TPSA) is 49.3 Å². The van der Waals surface area contributed by atoms with E-state index in [0.717, 1.165) is 44.8 Å². The van der Waals surface area contributed by atoms with Gasteiger partial charge in [-0.15, -0.1) is 0 Å². The van der Waals surface area contributed by atoms with Crippen LogP contribution in [0.3, 0.4) is 0 Å². The minimum atomic E-state index is 0.170. The highest BCUT2D eigenvalue weighted by atomic mass is 16.2. The molecule has 0 spiro atoms. The molecule has 0 atom stereocenters. The second-order valence-electron chi connectivity index (χ2n) is 4.70. The Bertz CT molecular complexity index is 396. The van der Waals surface area contributed by atoms with Gasteiger partial charge in [0.2, 0.25) is 5.91 Å². The van der Waals surface area contributed by atoms with Crippen LogP contribution in [0.1, 0.15) is 12.8 Å². The van der Waals surface area contributed by atoms with Crippen LogP contribution in [0.4, 0.5) is 5.82 Å². The van der Waals surface area contributed by atoms with Crippen molar-refractivity contribution < 1.29 is 4.79 Å². The summed E-state index contributed by atoms with van der Waals surface area (Å²) in [6.45, 7) is 3.49. The number of hydrogen-bond donors (Lipinski definition) is 0. The van der Waals surface area contributed by atoms with E-state index in [1.807, 2.05) is 11.0 Å². The molecule has 2 aliphatic rings. The third-order valence-corrected chi connectivity index (χ3v) is 3.54. The highest BCUT2D eigenvalue weighted by Crippen LogP contribution is 2.24. The van der Waals surface area contributed by atoms with Gasteiger partial charge in [0.15, 0.2) is 0 Å². The first kappa shape index (κ1) is 10.5. The van der Waals surface area contributed by atoms with Crippen LogP contribution in [0.25, 0.3) is 0 Å². The Balaban J connectivity index is 1.56. The summed E-state index contributed by atoms with van der Waals surface area (Å²) in [5.74, 6) is 1.42. The first-order chi connectivity index (χ1) is 8.34. The molecule has 1 aromatic rings. The summed E-state index contributed by atoms with van der Waals surface area (Å²) in [5.41, 5.74) is 0. The Morgan fingerprint density at radius 2 is 2.06 bits per heavy atom. The molecule has 2 saturated heterocycles. The largest absolute Gasteiger partial charge is 0.355 e. The van der Waals surface area contributed by atoms with Crippen LogP contribution in [-0.2, 0) is 4.79 Å². The standard InChI is InChI=1S/C12H16N4O/c17-12(15-5-1-2-6-15)10-7-16(8-10)11-3-4-13-9-14-11/h3-4,9-10H,1-2,5-8H2. The summed E-state index contributed by atoms with van der Waals surface area (Å²) in [6.07, 6.45) is 5.60. The van der Waals surface area contributed by atoms with Crippen LogP contribution in [0.2, 0.25) is 0 Å². The number of aromatic nitrogens is 2. The molecule has 0 N–H and O–H groups in total. The second-order valence-corrected chi connectivity index (χ2v) is 4.70. The number of carbonyl (C=O) groups is 1. The maximum Gasteiger partial charge on any atom is 0.229 e. The van der Waals surface area contributed by atoms with Crippen molar-refractivity contribution in [1.29, 1.82) is 0 Å². The van der Waals surface area contributed by atoms with Gasteiger partial charge in [-0.05, 0) is 18.9 Å². The lowest BCUT2D eigenvalue weighted by Gasteiger charge is -2.40. The lowest BCUT2D eigenvalue weighted by atomic mass is 9.98. The van der Waals surface area contributed by atoms with Gasteiger partial charge in [-0.2, -0.15) is 0 Å². The number of likely N-dealkylation sites (tertiary alicyclic amines) is 1. The van der Waals surface area contributed by atoms with Crippen molar-refractivity contribution >= 4 is 11.7 Å². The van der Waals surface area contributed by atoms with Crippen LogP contribution >= 0.6 is 0 Å². The van der Waals surface area contributed by atoms with Gasteiger partial charge in [-0.3, -0.25) is 4.79 Å². The summed E-state index contributed by atoms with van der Waals surface area (Å²) in [7, 11) is 0. The zero-order chi connectivity index (χ0) is 11.7. The molecule has 5 heteroatoms. The van der Waals surface area contributed by atoms with Crippen molar-refractivity contribution in [3.05, 3.63) is 18.6 Å². The molecule has 3 heterocycles. The van der Waals surface area contributed by atoms with E-state index in [1.54, 1.807) is 12.5 Å². The zero-order valence-electron chi connectivity index (χ0n) is 9.75. The number of anilines is 1. The molecular formula is C12H16N4O. The Morgan fingerprint density at radius 1 is 1.29 bits per heavy atom. The summed E-state index contributed by atoms with van der Waals surface area (Å²) < 4.78 is 0. The van der Waals surface area contributed by atoms with Crippen molar-refractivity contribution in [2.75, 3.05) is 31.1 Å².